The zero-order valence-electron chi connectivity index (χ0n) is 13.6. The highest BCUT2D eigenvalue weighted by atomic mass is 32.2. The summed E-state index contributed by atoms with van der Waals surface area (Å²) in [6.07, 6.45) is 0.646. The predicted octanol–water partition coefficient (Wildman–Crippen LogP) is 1.07. The van der Waals surface area contributed by atoms with E-state index in [9.17, 15) is 18.0 Å². The SMILES string of the molecule is CC(C)S(=O)(=O)NC(=O)C1(C)CCN1C(=O)Cc1ccccc1. The molecule has 1 atom stereocenters. The molecular weight excluding hydrogens is 316 g/mol. The van der Waals surface area contributed by atoms with Gasteiger partial charge in [0.2, 0.25) is 15.9 Å². The number of likely N-dealkylation sites (tertiary alicyclic amines) is 1. The Balaban J connectivity index is 2.07. The fraction of sp³-hybridized carbons (Fsp3) is 0.500. The summed E-state index contributed by atoms with van der Waals surface area (Å²) < 4.78 is 25.8. The first-order valence-corrected chi connectivity index (χ1v) is 9.12. The van der Waals surface area contributed by atoms with Crippen molar-refractivity contribution in [2.75, 3.05) is 6.54 Å². The van der Waals surface area contributed by atoms with Crippen LogP contribution >= 0.6 is 0 Å². The third kappa shape index (κ3) is 3.55. The maximum absolute atomic E-state index is 12.4. The van der Waals surface area contributed by atoms with Crippen LogP contribution in [0, 0.1) is 0 Å². The monoisotopic (exact) mass is 338 g/mol. The van der Waals surface area contributed by atoms with Crippen LogP contribution in [0.2, 0.25) is 0 Å². The molecule has 1 aromatic rings. The van der Waals surface area contributed by atoms with E-state index in [2.05, 4.69) is 4.72 Å². The molecule has 2 amide bonds. The number of sulfonamides is 1. The molecule has 0 spiro atoms. The molecule has 7 heteroatoms. The summed E-state index contributed by atoms with van der Waals surface area (Å²) in [5.41, 5.74) is -0.240. The minimum absolute atomic E-state index is 0.179. The highest BCUT2D eigenvalue weighted by Crippen LogP contribution is 2.31. The average Bonchev–Trinajstić information content (AvgIpc) is 2.45. The van der Waals surface area contributed by atoms with Gasteiger partial charge in [0.1, 0.15) is 5.54 Å². The average molecular weight is 338 g/mol. The normalized spacial score (nSPS) is 21.0. The van der Waals surface area contributed by atoms with Gasteiger partial charge in [-0.3, -0.25) is 14.3 Å². The standard InChI is InChI=1S/C16H22N2O4S/c1-12(2)23(21,22)17-15(20)16(3)9-10-18(16)14(19)11-13-7-5-4-6-8-13/h4-8,12H,9-11H2,1-3H3,(H,17,20). The minimum atomic E-state index is -3.70. The van der Waals surface area contributed by atoms with Crippen LogP contribution in [0.4, 0.5) is 0 Å². The number of amides is 2. The molecule has 6 nitrogen and oxygen atoms in total. The number of hydrogen-bond donors (Lipinski definition) is 1. The molecule has 0 radical (unpaired) electrons. The molecule has 1 N–H and O–H groups in total. The van der Waals surface area contributed by atoms with E-state index >= 15 is 0 Å². The fourth-order valence-electron chi connectivity index (χ4n) is 2.42. The van der Waals surface area contributed by atoms with Gasteiger partial charge in [0.05, 0.1) is 11.7 Å². The van der Waals surface area contributed by atoms with E-state index in [1.165, 1.54) is 18.7 Å². The molecule has 1 aromatic carbocycles. The molecule has 2 rings (SSSR count). The highest BCUT2D eigenvalue weighted by Gasteiger charge is 2.50. The number of carbonyl (C=O) groups excluding carboxylic acids is 2. The quantitative estimate of drug-likeness (QED) is 0.870. The van der Waals surface area contributed by atoms with Gasteiger partial charge in [0.15, 0.2) is 0 Å². The summed E-state index contributed by atoms with van der Waals surface area (Å²) in [7, 11) is -3.70. The zero-order chi connectivity index (χ0) is 17.3. The Hall–Kier alpha value is -1.89. The number of carbonyl (C=O) groups is 2. The molecule has 1 unspecified atom stereocenters. The largest absolute Gasteiger partial charge is 0.328 e. The number of hydrogen-bond acceptors (Lipinski definition) is 4. The molecule has 23 heavy (non-hydrogen) atoms. The lowest BCUT2D eigenvalue weighted by molar-refractivity contribution is -0.156. The molecule has 0 bridgehead atoms. The third-order valence-electron chi connectivity index (χ3n) is 4.26. The molecule has 0 saturated carbocycles. The summed E-state index contributed by atoms with van der Waals surface area (Å²) in [6, 6.07) is 9.25. The second kappa shape index (κ2) is 6.31. The van der Waals surface area contributed by atoms with Crippen LogP contribution in [0.15, 0.2) is 30.3 Å². The van der Waals surface area contributed by atoms with Gasteiger partial charge in [0, 0.05) is 6.54 Å². The first-order chi connectivity index (χ1) is 10.7. The van der Waals surface area contributed by atoms with Crippen LogP contribution in [0.1, 0.15) is 32.8 Å². The Bertz CT molecular complexity index is 700. The lowest BCUT2D eigenvalue weighted by Crippen LogP contribution is -2.68. The highest BCUT2D eigenvalue weighted by molar-refractivity contribution is 7.90. The van der Waals surface area contributed by atoms with E-state index in [0.717, 1.165) is 5.56 Å². The van der Waals surface area contributed by atoms with Crippen molar-refractivity contribution in [1.82, 2.24) is 9.62 Å². The van der Waals surface area contributed by atoms with Gasteiger partial charge in [-0.15, -0.1) is 0 Å². The van der Waals surface area contributed by atoms with E-state index in [4.69, 9.17) is 0 Å². The van der Waals surface area contributed by atoms with Crippen LogP contribution in [0.5, 0.6) is 0 Å². The summed E-state index contributed by atoms with van der Waals surface area (Å²) in [5, 5.41) is -0.705. The van der Waals surface area contributed by atoms with Crippen molar-refractivity contribution >= 4 is 21.8 Å². The van der Waals surface area contributed by atoms with Crippen LogP contribution in [-0.4, -0.2) is 42.5 Å². The lowest BCUT2D eigenvalue weighted by Gasteiger charge is -2.49. The maximum Gasteiger partial charge on any atom is 0.259 e. The van der Waals surface area contributed by atoms with Crippen molar-refractivity contribution in [2.24, 2.45) is 0 Å². The Morgan fingerprint density at radius 1 is 1.26 bits per heavy atom. The first kappa shape index (κ1) is 17.5. The molecule has 1 fully saturated rings. The molecule has 0 aliphatic carbocycles. The molecule has 1 aliphatic rings. The summed E-state index contributed by atoms with van der Waals surface area (Å²) in [6.45, 7) is 5.05. The lowest BCUT2D eigenvalue weighted by atomic mass is 9.85. The van der Waals surface area contributed by atoms with Crippen molar-refractivity contribution in [3.63, 3.8) is 0 Å². The molecule has 1 heterocycles. The Kier molecular flexibility index (Phi) is 4.79. The van der Waals surface area contributed by atoms with Crippen molar-refractivity contribution in [3.05, 3.63) is 35.9 Å². The minimum Gasteiger partial charge on any atom is -0.328 e. The number of nitrogens with one attached hydrogen (secondary N) is 1. The molecule has 1 aliphatic heterocycles. The summed E-state index contributed by atoms with van der Waals surface area (Å²) >= 11 is 0. The van der Waals surface area contributed by atoms with Crippen LogP contribution in [-0.2, 0) is 26.0 Å². The summed E-state index contributed by atoms with van der Waals surface area (Å²) in [4.78, 5) is 26.2. The van der Waals surface area contributed by atoms with Crippen molar-refractivity contribution < 1.29 is 18.0 Å². The molecule has 0 aromatic heterocycles. The van der Waals surface area contributed by atoms with E-state index in [1.54, 1.807) is 6.92 Å². The second-order valence-corrected chi connectivity index (χ2v) is 8.49. The van der Waals surface area contributed by atoms with E-state index < -0.39 is 26.7 Å². The maximum atomic E-state index is 12.4. The van der Waals surface area contributed by atoms with E-state index in [0.29, 0.717) is 13.0 Å². The topological polar surface area (TPSA) is 83.6 Å². The van der Waals surface area contributed by atoms with Gasteiger partial charge in [-0.2, -0.15) is 0 Å². The van der Waals surface area contributed by atoms with E-state index in [1.807, 2.05) is 30.3 Å². The van der Waals surface area contributed by atoms with Crippen molar-refractivity contribution in [3.8, 4) is 0 Å². The molecule has 1 saturated heterocycles. The van der Waals surface area contributed by atoms with Crippen molar-refractivity contribution in [1.29, 1.82) is 0 Å². The van der Waals surface area contributed by atoms with E-state index in [-0.39, 0.29) is 12.3 Å². The predicted molar refractivity (Wildman–Crippen MR) is 87.1 cm³/mol. The van der Waals surface area contributed by atoms with Crippen LogP contribution < -0.4 is 4.72 Å². The van der Waals surface area contributed by atoms with Gasteiger partial charge in [0.25, 0.3) is 5.91 Å². The smallest absolute Gasteiger partial charge is 0.259 e. The van der Waals surface area contributed by atoms with Gasteiger partial charge < -0.3 is 4.90 Å². The zero-order valence-corrected chi connectivity index (χ0v) is 14.4. The summed E-state index contributed by atoms with van der Waals surface area (Å²) in [5.74, 6) is -0.819. The van der Waals surface area contributed by atoms with Gasteiger partial charge in [-0.25, -0.2) is 8.42 Å². The Morgan fingerprint density at radius 2 is 1.87 bits per heavy atom. The Morgan fingerprint density at radius 3 is 2.35 bits per heavy atom. The Labute approximate surface area is 136 Å². The van der Waals surface area contributed by atoms with Gasteiger partial charge in [-0.05, 0) is 32.8 Å². The molecule has 126 valence electrons. The number of rotatable bonds is 5. The van der Waals surface area contributed by atoms with Gasteiger partial charge in [-0.1, -0.05) is 30.3 Å². The van der Waals surface area contributed by atoms with Gasteiger partial charge >= 0.3 is 0 Å². The second-order valence-electron chi connectivity index (χ2n) is 6.26. The number of benzene rings is 1. The van der Waals surface area contributed by atoms with Crippen LogP contribution in [0.25, 0.3) is 0 Å². The fourth-order valence-corrected chi connectivity index (χ4v) is 3.13. The first-order valence-electron chi connectivity index (χ1n) is 7.57. The molecular formula is C16H22N2O4S. The number of nitrogens with zero attached hydrogens (tertiary/aromatic N) is 1. The van der Waals surface area contributed by atoms with Crippen molar-refractivity contribution in [2.45, 2.75) is 44.4 Å². The third-order valence-corrected chi connectivity index (χ3v) is 5.97. The van der Waals surface area contributed by atoms with Crippen LogP contribution in [0.3, 0.4) is 0 Å².